The third kappa shape index (κ3) is 6.41. The van der Waals surface area contributed by atoms with E-state index >= 15 is 0 Å². The lowest BCUT2D eigenvalue weighted by atomic mass is 9.32. The molecule has 0 radical (unpaired) electrons. The number of furan rings is 1. The first-order chi connectivity index (χ1) is 33.8. The van der Waals surface area contributed by atoms with Crippen molar-refractivity contribution in [2.75, 3.05) is 9.80 Å². The lowest BCUT2D eigenvalue weighted by molar-refractivity contribution is 0.280. The Morgan fingerprint density at radius 2 is 0.958 bits per heavy atom. The molecule has 2 atom stereocenters. The summed E-state index contributed by atoms with van der Waals surface area (Å²) in [5.41, 5.74) is 25.6. The number of hydrogen-bond donors (Lipinski definition) is 0. The van der Waals surface area contributed by atoms with Gasteiger partial charge in [0.2, 0.25) is 0 Å². The van der Waals surface area contributed by atoms with Crippen molar-refractivity contribution in [3.05, 3.63) is 135 Å². The molecule has 4 heteroatoms. The topological polar surface area (TPSA) is 19.6 Å². The molecule has 1 fully saturated rings. The lowest BCUT2D eigenvalue weighted by Crippen LogP contribution is -2.63. The van der Waals surface area contributed by atoms with Crippen LogP contribution in [0, 0.1) is 6.92 Å². The Labute approximate surface area is 433 Å². The summed E-state index contributed by atoms with van der Waals surface area (Å²) in [4.78, 5) is 5.43. The average molecular weight is 953 g/mol. The van der Waals surface area contributed by atoms with Crippen molar-refractivity contribution in [1.29, 1.82) is 0 Å². The molecule has 6 aliphatic carbocycles. The van der Waals surface area contributed by atoms with Crippen molar-refractivity contribution in [1.82, 2.24) is 0 Å². The molecule has 0 N–H and O–H groups in total. The normalized spacial score (nSPS) is 25.8. The van der Waals surface area contributed by atoms with Gasteiger partial charge in [0.1, 0.15) is 5.76 Å². The number of fused-ring (bicyclic) bond motifs is 11. The number of benzene rings is 5. The van der Waals surface area contributed by atoms with Crippen LogP contribution in [0.25, 0.3) is 11.1 Å². The summed E-state index contributed by atoms with van der Waals surface area (Å²) in [7, 11) is 0. The highest BCUT2D eigenvalue weighted by Crippen LogP contribution is 2.59. The van der Waals surface area contributed by atoms with E-state index in [-0.39, 0.29) is 50.0 Å². The number of aryl methyl sites for hydroxylation is 1. The van der Waals surface area contributed by atoms with Crippen molar-refractivity contribution in [2.45, 2.75) is 218 Å². The van der Waals surface area contributed by atoms with Gasteiger partial charge in [0, 0.05) is 33.7 Å². The van der Waals surface area contributed by atoms with E-state index in [4.69, 9.17) is 4.42 Å². The summed E-state index contributed by atoms with van der Waals surface area (Å²) in [6.07, 6.45) is 13.3. The Kier molecular flexibility index (Phi) is 9.53. The van der Waals surface area contributed by atoms with Gasteiger partial charge >= 0.3 is 0 Å². The van der Waals surface area contributed by atoms with Crippen LogP contribution in [0.1, 0.15) is 218 Å². The zero-order chi connectivity index (χ0) is 50.7. The molecule has 2 aliphatic heterocycles. The maximum absolute atomic E-state index is 7.93. The molecule has 72 heavy (non-hydrogen) atoms. The van der Waals surface area contributed by atoms with Gasteiger partial charge in [-0.25, -0.2) is 0 Å². The lowest BCUT2D eigenvalue weighted by Gasteiger charge is -2.48. The highest BCUT2D eigenvalue weighted by Gasteiger charge is 2.55. The molecule has 3 heterocycles. The Morgan fingerprint density at radius 3 is 1.60 bits per heavy atom. The van der Waals surface area contributed by atoms with Crippen LogP contribution >= 0.6 is 0 Å². The van der Waals surface area contributed by atoms with Crippen LogP contribution in [0.3, 0.4) is 0 Å². The van der Waals surface area contributed by atoms with Crippen molar-refractivity contribution < 1.29 is 4.42 Å². The number of hydrogen-bond acceptors (Lipinski definition) is 3. The van der Waals surface area contributed by atoms with Crippen LogP contribution in [0.5, 0.6) is 0 Å². The van der Waals surface area contributed by atoms with Gasteiger partial charge in [-0.3, -0.25) is 4.90 Å². The van der Waals surface area contributed by atoms with E-state index < -0.39 is 0 Å². The molecule has 1 saturated carbocycles. The van der Waals surface area contributed by atoms with Gasteiger partial charge < -0.3 is 9.32 Å². The summed E-state index contributed by atoms with van der Waals surface area (Å²) in [5.74, 6) is 2.23. The van der Waals surface area contributed by atoms with Crippen LogP contribution in [-0.4, -0.2) is 6.71 Å². The fraction of sp³-hybridized carbons (Fsp3) is 0.500. The zero-order valence-corrected chi connectivity index (χ0v) is 46.7. The molecule has 1 aromatic heterocycles. The molecule has 0 amide bonds. The van der Waals surface area contributed by atoms with Crippen LogP contribution in [0.15, 0.2) is 89.3 Å². The Morgan fingerprint density at radius 1 is 0.431 bits per heavy atom. The first-order valence-electron chi connectivity index (χ1n) is 28.3. The molecule has 8 aliphatic rings. The van der Waals surface area contributed by atoms with Gasteiger partial charge in [0.15, 0.2) is 5.88 Å². The van der Waals surface area contributed by atoms with Gasteiger partial charge in [-0.05, 0) is 218 Å². The predicted octanol–water partition coefficient (Wildman–Crippen LogP) is 16.9. The third-order valence-electron chi connectivity index (χ3n) is 21.2. The minimum Gasteiger partial charge on any atom is -0.444 e. The van der Waals surface area contributed by atoms with Crippen molar-refractivity contribution >= 4 is 57.4 Å². The van der Waals surface area contributed by atoms with E-state index in [2.05, 4.69) is 199 Å². The zero-order valence-electron chi connectivity index (χ0n) is 46.7. The van der Waals surface area contributed by atoms with Crippen molar-refractivity contribution in [2.24, 2.45) is 0 Å². The van der Waals surface area contributed by atoms with E-state index in [1.54, 1.807) is 11.1 Å². The van der Waals surface area contributed by atoms with Gasteiger partial charge in [-0.2, -0.15) is 0 Å². The highest BCUT2D eigenvalue weighted by atomic mass is 16.4. The van der Waals surface area contributed by atoms with Crippen molar-refractivity contribution in [3.63, 3.8) is 0 Å². The van der Waals surface area contributed by atoms with Crippen molar-refractivity contribution in [3.8, 4) is 11.1 Å². The molecular formula is C68H81BN2O. The van der Waals surface area contributed by atoms with E-state index in [0.29, 0.717) is 0 Å². The molecule has 372 valence electrons. The average Bonchev–Trinajstić information content (AvgIpc) is 3.63. The number of anilines is 6. The summed E-state index contributed by atoms with van der Waals surface area (Å²) in [6, 6.07) is 34.8. The minimum atomic E-state index is -0.120. The quantitative estimate of drug-likeness (QED) is 0.165. The van der Waals surface area contributed by atoms with Gasteiger partial charge in [0.25, 0.3) is 6.71 Å². The summed E-state index contributed by atoms with van der Waals surface area (Å²) in [6.45, 7) is 37.4. The van der Waals surface area contributed by atoms with E-state index in [1.807, 2.05) is 0 Å². The maximum atomic E-state index is 7.93. The molecule has 3 nitrogen and oxygen atoms in total. The molecular weight excluding hydrogens is 872 g/mol. The number of rotatable bonds is 3. The Balaban J connectivity index is 1.19. The van der Waals surface area contributed by atoms with Gasteiger partial charge in [-0.1, -0.05) is 146 Å². The SMILES string of the molecule is Cc1cc2c3c(c1)N(c1cc4c(cc1-c1ccccc1)C(C)(C)CCC4(C)C)c1oc4c(c1B3c1cc3c(cc1N2c1ccc2c(c1)C(C)(C)CCC2(C)C)C1(C)CCCC3(C)CC1)C(C)(C)CCC4(C)C. The second-order valence-corrected chi connectivity index (χ2v) is 29.1. The monoisotopic (exact) mass is 953 g/mol. The Bertz CT molecular complexity index is 3300. The molecule has 0 spiro atoms. The van der Waals surface area contributed by atoms with Crippen LogP contribution in [-0.2, 0) is 43.3 Å². The highest BCUT2D eigenvalue weighted by molar-refractivity contribution is 7.00. The molecule has 14 rings (SSSR count). The predicted molar refractivity (Wildman–Crippen MR) is 307 cm³/mol. The molecule has 6 aromatic rings. The van der Waals surface area contributed by atoms with Crippen LogP contribution < -0.4 is 26.2 Å². The van der Waals surface area contributed by atoms with E-state index in [0.717, 1.165) is 25.1 Å². The molecule has 2 bridgehead atoms. The summed E-state index contributed by atoms with van der Waals surface area (Å²) in [5, 5.41) is 0. The minimum absolute atomic E-state index is 0.00145. The molecule has 0 saturated heterocycles. The van der Waals surface area contributed by atoms with Crippen LogP contribution in [0.4, 0.5) is 34.3 Å². The largest absolute Gasteiger partial charge is 0.444 e. The van der Waals surface area contributed by atoms with Gasteiger partial charge in [0.05, 0.1) is 5.69 Å². The fourth-order valence-corrected chi connectivity index (χ4v) is 16.1. The van der Waals surface area contributed by atoms with Crippen LogP contribution in [0.2, 0.25) is 0 Å². The molecule has 2 unspecified atom stereocenters. The number of nitrogens with zero attached hydrogens (tertiary/aromatic N) is 2. The van der Waals surface area contributed by atoms with E-state index in [9.17, 15) is 0 Å². The second-order valence-electron chi connectivity index (χ2n) is 29.1. The second kappa shape index (κ2) is 14.7. The first kappa shape index (κ1) is 46.8. The van der Waals surface area contributed by atoms with E-state index in [1.165, 1.54) is 146 Å². The third-order valence-corrected chi connectivity index (χ3v) is 21.2. The summed E-state index contributed by atoms with van der Waals surface area (Å²) >= 11 is 0. The standard InChI is InChI=1S/C68H81BN2O/c1-41-34-54-57-55(35-41)71(52-39-48-47(63(6,7)28-29-64(48,8)9)37-44(52)42-20-17-16-18-21-42)60-58(56-59(72-60)66(12,13)31-30-65(56,10)11)69(57)51-38-49-50(68(15)25-19-24-67(49,14)32-33-68)40-53(51)70(54)43-22-23-45-46(36-43)62(4,5)27-26-61(45,2)3/h16-18,20-23,34-40H,19,24-33H2,1-15H3. The Hall–Kier alpha value is -4.96. The summed E-state index contributed by atoms with van der Waals surface area (Å²) < 4.78 is 7.93. The van der Waals surface area contributed by atoms with Gasteiger partial charge in [-0.15, -0.1) is 0 Å². The fourth-order valence-electron chi connectivity index (χ4n) is 16.1. The smallest absolute Gasteiger partial charge is 0.256 e. The molecule has 5 aromatic carbocycles. The first-order valence-corrected chi connectivity index (χ1v) is 28.3. The maximum Gasteiger partial charge on any atom is 0.256 e.